The largest absolute Gasteiger partial charge is 0.327 e. The summed E-state index contributed by atoms with van der Waals surface area (Å²) in [6, 6.07) is 0.542. The molecule has 1 nitrogen and oxygen atoms in total. The van der Waals surface area contributed by atoms with Gasteiger partial charge in [-0.2, -0.15) is 0 Å². The lowest BCUT2D eigenvalue weighted by molar-refractivity contribution is 0.547. The minimum atomic E-state index is 0.542. The number of rotatable bonds is 1. The van der Waals surface area contributed by atoms with Gasteiger partial charge in [0.15, 0.2) is 0 Å². The molecule has 1 rings (SSSR count). The second-order valence-electron chi connectivity index (χ2n) is 2.81. The second kappa shape index (κ2) is 1.48. The average molecular weight is 99.2 g/mol. The van der Waals surface area contributed by atoms with Gasteiger partial charge in [-0.15, -0.1) is 0 Å². The van der Waals surface area contributed by atoms with E-state index < -0.39 is 0 Å². The molecular weight excluding hydrogens is 86.1 g/mol. The van der Waals surface area contributed by atoms with E-state index >= 15 is 0 Å². The maximum absolute atomic E-state index is 5.57. The van der Waals surface area contributed by atoms with E-state index in [2.05, 4.69) is 13.8 Å². The lowest BCUT2D eigenvalue weighted by Crippen LogP contribution is -2.05. The van der Waals surface area contributed by atoms with Crippen LogP contribution in [0.5, 0.6) is 0 Å². The first-order valence-electron chi connectivity index (χ1n) is 2.97. The summed E-state index contributed by atoms with van der Waals surface area (Å²) >= 11 is 0. The van der Waals surface area contributed by atoms with E-state index in [1.165, 1.54) is 6.42 Å². The van der Waals surface area contributed by atoms with Crippen molar-refractivity contribution in [3.8, 4) is 0 Å². The smallest absolute Gasteiger partial charge is 0.00735 e. The van der Waals surface area contributed by atoms with Gasteiger partial charge in [-0.05, 0) is 18.3 Å². The molecule has 7 heavy (non-hydrogen) atoms. The van der Waals surface area contributed by atoms with E-state index in [0.29, 0.717) is 6.04 Å². The maximum Gasteiger partial charge on any atom is 0.00735 e. The molecule has 1 fully saturated rings. The molecule has 1 saturated carbocycles. The Balaban J connectivity index is 2.20. The van der Waals surface area contributed by atoms with Crippen LogP contribution in [0, 0.1) is 11.8 Å². The molecule has 0 radical (unpaired) electrons. The van der Waals surface area contributed by atoms with Crippen molar-refractivity contribution in [3.63, 3.8) is 0 Å². The molecule has 0 heterocycles. The first-order valence-corrected chi connectivity index (χ1v) is 2.97. The number of nitrogens with two attached hydrogens (primary N) is 1. The fraction of sp³-hybridized carbons (Fsp3) is 1.00. The Morgan fingerprint density at radius 3 is 2.00 bits per heavy atom. The molecule has 1 aliphatic carbocycles. The minimum Gasteiger partial charge on any atom is -0.327 e. The van der Waals surface area contributed by atoms with Gasteiger partial charge in [-0.3, -0.25) is 0 Å². The molecule has 0 unspecified atom stereocenters. The SMILES string of the molecule is CC(C)[C@H]1C[C@H]1N. The lowest BCUT2D eigenvalue weighted by atomic mass is 10.1. The van der Waals surface area contributed by atoms with Crippen LogP contribution in [0.4, 0.5) is 0 Å². The fourth-order valence-corrected chi connectivity index (χ4v) is 1.00. The summed E-state index contributed by atoms with van der Waals surface area (Å²) in [5.41, 5.74) is 5.57. The third kappa shape index (κ3) is 0.942. The van der Waals surface area contributed by atoms with E-state index in [1.807, 2.05) is 0 Å². The van der Waals surface area contributed by atoms with Crippen molar-refractivity contribution in [2.24, 2.45) is 17.6 Å². The van der Waals surface area contributed by atoms with E-state index in [-0.39, 0.29) is 0 Å². The molecule has 1 aliphatic rings. The van der Waals surface area contributed by atoms with Gasteiger partial charge in [-0.25, -0.2) is 0 Å². The molecule has 2 N–H and O–H groups in total. The second-order valence-corrected chi connectivity index (χ2v) is 2.81. The highest BCUT2D eigenvalue weighted by Gasteiger charge is 2.35. The van der Waals surface area contributed by atoms with Gasteiger partial charge in [0.05, 0.1) is 0 Å². The normalized spacial score (nSPS) is 39.4. The Hall–Kier alpha value is -0.0400. The van der Waals surface area contributed by atoms with Gasteiger partial charge in [0, 0.05) is 6.04 Å². The summed E-state index contributed by atoms with van der Waals surface area (Å²) in [4.78, 5) is 0. The van der Waals surface area contributed by atoms with Gasteiger partial charge in [0.25, 0.3) is 0 Å². The highest BCUT2D eigenvalue weighted by atomic mass is 14.7. The molecular formula is C6H13N. The van der Waals surface area contributed by atoms with Crippen LogP contribution in [0.2, 0.25) is 0 Å². The Kier molecular flexibility index (Phi) is 1.08. The monoisotopic (exact) mass is 99.1 g/mol. The molecule has 0 aromatic carbocycles. The summed E-state index contributed by atoms with van der Waals surface area (Å²) in [5.74, 6) is 1.66. The molecule has 0 spiro atoms. The van der Waals surface area contributed by atoms with Crippen molar-refractivity contribution in [1.29, 1.82) is 0 Å². The summed E-state index contributed by atoms with van der Waals surface area (Å²) in [7, 11) is 0. The number of hydrogen-bond donors (Lipinski definition) is 1. The summed E-state index contributed by atoms with van der Waals surface area (Å²) < 4.78 is 0. The fourth-order valence-electron chi connectivity index (χ4n) is 1.00. The summed E-state index contributed by atoms with van der Waals surface area (Å²) in [5, 5.41) is 0. The predicted molar refractivity (Wildman–Crippen MR) is 30.9 cm³/mol. The first kappa shape index (κ1) is 5.10. The van der Waals surface area contributed by atoms with Crippen molar-refractivity contribution < 1.29 is 0 Å². The molecule has 0 saturated heterocycles. The van der Waals surface area contributed by atoms with Crippen molar-refractivity contribution in [2.75, 3.05) is 0 Å². The van der Waals surface area contributed by atoms with Gasteiger partial charge < -0.3 is 5.73 Å². The Labute approximate surface area is 44.9 Å². The van der Waals surface area contributed by atoms with Gasteiger partial charge >= 0.3 is 0 Å². The minimum absolute atomic E-state index is 0.542. The van der Waals surface area contributed by atoms with E-state index in [0.717, 1.165) is 11.8 Å². The van der Waals surface area contributed by atoms with Crippen molar-refractivity contribution in [3.05, 3.63) is 0 Å². The van der Waals surface area contributed by atoms with Crippen molar-refractivity contribution >= 4 is 0 Å². The van der Waals surface area contributed by atoms with Crippen molar-refractivity contribution in [1.82, 2.24) is 0 Å². The van der Waals surface area contributed by atoms with Crippen LogP contribution in [-0.2, 0) is 0 Å². The third-order valence-corrected chi connectivity index (χ3v) is 1.75. The zero-order valence-corrected chi connectivity index (χ0v) is 5.02. The Morgan fingerprint density at radius 1 is 1.57 bits per heavy atom. The quantitative estimate of drug-likeness (QED) is 0.521. The van der Waals surface area contributed by atoms with Crippen LogP contribution in [0.3, 0.4) is 0 Å². The Bertz CT molecular complexity index is 68.6. The molecule has 42 valence electrons. The number of hydrogen-bond acceptors (Lipinski definition) is 1. The zero-order chi connectivity index (χ0) is 5.44. The molecule has 0 amide bonds. The van der Waals surface area contributed by atoms with Crippen LogP contribution in [0.1, 0.15) is 20.3 Å². The van der Waals surface area contributed by atoms with Gasteiger partial charge in [0.1, 0.15) is 0 Å². The van der Waals surface area contributed by atoms with Crippen LogP contribution in [-0.4, -0.2) is 6.04 Å². The molecule has 0 aromatic rings. The zero-order valence-electron chi connectivity index (χ0n) is 5.02. The lowest BCUT2D eigenvalue weighted by Gasteiger charge is -1.96. The molecule has 0 bridgehead atoms. The van der Waals surface area contributed by atoms with Gasteiger partial charge in [-0.1, -0.05) is 13.8 Å². The predicted octanol–water partition coefficient (Wildman–Crippen LogP) is 0.990. The van der Waals surface area contributed by atoms with E-state index in [1.54, 1.807) is 0 Å². The Morgan fingerprint density at radius 2 is 2.00 bits per heavy atom. The van der Waals surface area contributed by atoms with Crippen LogP contribution in [0.15, 0.2) is 0 Å². The molecule has 2 atom stereocenters. The summed E-state index contributed by atoms with van der Waals surface area (Å²) in [6.45, 7) is 4.47. The third-order valence-electron chi connectivity index (χ3n) is 1.75. The van der Waals surface area contributed by atoms with Crippen LogP contribution >= 0.6 is 0 Å². The summed E-state index contributed by atoms with van der Waals surface area (Å²) in [6.07, 6.45) is 1.26. The van der Waals surface area contributed by atoms with Crippen LogP contribution < -0.4 is 5.73 Å². The van der Waals surface area contributed by atoms with Crippen LogP contribution in [0.25, 0.3) is 0 Å². The van der Waals surface area contributed by atoms with Crippen molar-refractivity contribution in [2.45, 2.75) is 26.3 Å². The highest BCUT2D eigenvalue weighted by Crippen LogP contribution is 2.34. The molecule has 0 aliphatic heterocycles. The molecule has 1 heteroatoms. The topological polar surface area (TPSA) is 26.0 Å². The standard InChI is InChI=1S/C6H13N/c1-4(2)5-3-6(5)7/h4-6H,3,7H2,1-2H3/t5-,6-/m1/s1. The maximum atomic E-state index is 5.57. The van der Waals surface area contributed by atoms with E-state index in [9.17, 15) is 0 Å². The average Bonchev–Trinajstić information content (AvgIpc) is 2.17. The highest BCUT2D eigenvalue weighted by molar-refractivity contribution is 4.91. The van der Waals surface area contributed by atoms with E-state index in [4.69, 9.17) is 5.73 Å². The molecule has 0 aromatic heterocycles. The first-order chi connectivity index (χ1) is 3.22. The van der Waals surface area contributed by atoms with Gasteiger partial charge in [0.2, 0.25) is 0 Å².